The van der Waals surface area contributed by atoms with Gasteiger partial charge in [0.25, 0.3) is 0 Å². The average molecular weight is 434 g/mol. The molecule has 1 heterocycles. The zero-order valence-electron chi connectivity index (χ0n) is 15.7. The van der Waals surface area contributed by atoms with Gasteiger partial charge in [0.2, 0.25) is 5.91 Å². The lowest BCUT2D eigenvalue weighted by Gasteiger charge is -2.11. The summed E-state index contributed by atoms with van der Waals surface area (Å²) in [5.74, 6) is -0.308. The Hall–Kier alpha value is -3.22. The number of fused-ring (bicyclic) bond motifs is 1. The number of thioether (sulfide) groups is 1. The predicted molar refractivity (Wildman–Crippen MR) is 120 cm³/mol. The van der Waals surface area contributed by atoms with Crippen LogP contribution in [0.5, 0.6) is 0 Å². The molecule has 0 bridgehead atoms. The molecule has 5 nitrogen and oxygen atoms in total. The lowest BCUT2D eigenvalue weighted by molar-refractivity contribution is -0.113. The maximum absolute atomic E-state index is 12.9. The summed E-state index contributed by atoms with van der Waals surface area (Å²) in [5, 5.41) is 4.87. The Labute approximate surface area is 182 Å². The van der Waals surface area contributed by atoms with Crippen LogP contribution < -0.4 is 5.32 Å². The monoisotopic (exact) mass is 433 g/mol. The van der Waals surface area contributed by atoms with Gasteiger partial charge in [0.15, 0.2) is 5.78 Å². The molecule has 0 aliphatic carbocycles. The molecule has 0 aliphatic heterocycles. The van der Waals surface area contributed by atoms with E-state index in [-0.39, 0.29) is 17.4 Å². The molecular weight excluding hydrogens is 418 g/mol. The van der Waals surface area contributed by atoms with E-state index in [1.165, 1.54) is 18.1 Å². The molecule has 0 spiro atoms. The number of aromatic nitrogens is 2. The molecule has 4 aromatic rings. The van der Waals surface area contributed by atoms with Crippen molar-refractivity contribution in [3.05, 3.63) is 95.3 Å². The molecule has 0 atom stereocenters. The van der Waals surface area contributed by atoms with Crippen molar-refractivity contribution in [2.24, 2.45) is 0 Å². The molecule has 0 radical (unpaired) electrons. The molecule has 1 amide bonds. The first kappa shape index (κ1) is 20.1. The third-order valence-corrected chi connectivity index (χ3v) is 5.62. The Morgan fingerprint density at radius 1 is 0.933 bits per heavy atom. The molecule has 1 aromatic heterocycles. The van der Waals surface area contributed by atoms with E-state index < -0.39 is 0 Å². The predicted octanol–water partition coefficient (Wildman–Crippen LogP) is 5.25. The molecule has 4 rings (SSSR count). The largest absolute Gasteiger partial charge is 0.325 e. The number of rotatable bonds is 6. The van der Waals surface area contributed by atoms with Crippen molar-refractivity contribution in [1.82, 2.24) is 9.97 Å². The fourth-order valence-electron chi connectivity index (χ4n) is 2.97. The Balaban J connectivity index is 1.51. The third-order valence-electron chi connectivity index (χ3n) is 4.38. The Bertz CT molecular complexity index is 1230. The van der Waals surface area contributed by atoms with Gasteiger partial charge in [-0.25, -0.2) is 9.97 Å². The van der Waals surface area contributed by atoms with Crippen molar-refractivity contribution in [2.45, 2.75) is 5.03 Å². The zero-order chi connectivity index (χ0) is 20.9. The van der Waals surface area contributed by atoms with Gasteiger partial charge in [-0.1, -0.05) is 71.9 Å². The van der Waals surface area contributed by atoms with E-state index >= 15 is 0 Å². The van der Waals surface area contributed by atoms with Gasteiger partial charge < -0.3 is 5.32 Å². The molecular formula is C23H16ClN3O2S. The highest BCUT2D eigenvalue weighted by atomic mass is 35.5. The van der Waals surface area contributed by atoms with Crippen LogP contribution in [0.15, 0.2) is 84.1 Å². The molecule has 0 aliphatic rings. The first-order valence-corrected chi connectivity index (χ1v) is 10.5. The van der Waals surface area contributed by atoms with Crippen LogP contribution in [0.2, 0.25) is 5.02 Å². The zero-order valence-corrected chi connectivity index (χ0v) is 17.3. The average Bonchev–Trinajstić information content (AvgIpc) is 2.79. The van der Waals surface area contributed by atoms with E-state index in [2.05, 4.69) is 15.3 Å². The highest BCUT2D eigenvalue weighted by Crippen LogP contribution is 2.26. The number of hydrogen-bond acceptors (Lipinski definition) is 5. The van der Waals surface area contributed by atoms with Gasteiger partial charge in [0, 0.05) is 21.5 Å². The maximum atomic E-state index is 12.9. The van der Waals surface area contributed by atoms with Crippen molar-refractivity contribution >= 4 is 51.6 Å². The summed E-state index contributed by atoms with van der Waals surface area (Å²) >= 11 is 7.42. The molecule has 0 unspecified atom stereocenters. The summed E-state index contributed by atoms with van der Waals surface area (Å²) in [6.07, 6.45) is 1.48. The van der Waals surface area contributed by atoms with E-state index in [4.69, 9.17) is 11.6 Å². The van der Waals surface area contributed by atoms with Crippen molar-refractivity contribution in [2.75, 3.05) is 11.1 Å². The molecule has 3 aromatic carbocycles. The van der Waals surface area contributed by atoms with Crippen molar-refractivity contribution in [1.29, 1.82) is 0 Å². The Kier molecular flexibility index (Phi) is 6.07. The van der Waals surface area contributed by atoms with Gasteiger partial charge in [-0.3, -0.25) is 9.59 Å². The number of para-hydroxylation sites is 1. The first-order valence-electron chi connectivity index (χ1n) is 9.13. The van der Waals surface area contributed by atoms with Gasteiger partial charge in [0.05, 0.1) is 17.0 Å². The maximum Gasteiger partial charge on any atom is 0.234 e. The van der Waals surface area contributed by atoms with Crippen LogP contribution in [0.25, 0.3) is 10.9 Å². The minimum atomic E-state index is -0.243. The number of ketones is 1. The number of amides is 1. The molecule has 0 saturated carbocycles. The van der Waals surface area contributed by atoms with Crippen LogP contribution in [0.3, 0.4) is 0 Å². The number of halogens is 1. The van der Waals surface area contributed by atoms with Crippen LogP contribution >= 0.6 is 23.4 Å². The lowest BCUT2D eigenvalue weighted by Crippen LogP contribution is -2.17. The van der Waals surface area contributed by atoms with E-state index in [0.29, 0.717) is 21.8 Å². The normalized spacial score (nSPS) is 10.7. The topological polar surface area (TPSA) is 72.0 Å². The first-order chi connectivity index (χ1) is 14.6. The second-order valence-corrected chi connectivity index (χ2v) is 7.82. The minimum absolute atomic E-state index is 0.141. The number of benzene rings is 3. The van der Waals surface area contributed by atoms with Crippen molar-refractivity contribution in [3.63, 3.8) is 0 Å². The van der Waals surface area contributed by atoms with E-state index in [1.54, 1.807) is 42.5 Å². The Morgan fingerprint density at radius 3 is 2.53 bits per heavy atom. The summed E-state index contributed by atoms with van der Waals surface area (Å²) < 4.78 is 0. The number of nitrogens with zero attached hydrogens (tertiary/aromatic N) is 2. The highest BCUT2D eigenvalue weighted by Gasteiger charge is 2.16. The number of carbonyl (C=O) groups excluding carboxylic acids is 2. The van der Waals surface area contributed by atoms with Crippen LogP contribution in [-0.4, -0.2) is 27.4 Å². The number of hydrogen-bond donors (Lipinski definition) is 1. The van der Waals surface area contributed by atoms with Crippen LogP contribution in [0, 0.1) is 0 Å². The molecule has 0 fully saturated rings. The highest BCUT2D eigenvalue weighted by molar-refractivity contribution is 8.00. The van der Waals surface area contributed by atoms with Crippen molar-refractivity contribution in [3.8, 4) is 0 Å². The fourth-order valence-corrected chi connectivity index (χ4v) is 3.94. The van der Waals surface area contributed by atoms with Gasteiger partial charge in [0.1, 0.15) is 11.4 Å². The molecule has 1 N–H and O–H groups in total. The SMILES string of the molecule is O=C(CSc1ncnc2ccccc12)Nc1ccc(Cl)cc1C(=O)c1ccccc1. The van der Waals surface area contributed by atoms with E-state index in [1.807, 2.05) is 30.3 Å². The number of nitrogens with one attached hydrogen (secondary N) is 1. The standard InChI is InChI=1S/C23H16ClN3O2S/c24-16-10-11-20(18(12-16)22(29)15-6-2-1-3-7-15)27-21(28)13-30-23-17-8-4-5-9-19(17)25-14-26-23/h1-12,14H,13H2,(H,27,28). The number of carbonyl (C=O) groups is 2. The third kappa shape index (κ3) is 4.50. The van der Waals surface area contributed by atoms with Crippen molar-refractivity contribution < 1.29 is 9.59 Å². The second-order valence-electron chi connectivity index (χ2n) is 6.42. The Morgan fingerprint density at radius 2 is 1.70 bits per heavy atom. The summed E-state index contributed by atoms with van der Waals surface area (Å²) in [4.78, 5) is 34.0. The van der Waals surface area contributed by atoms with Crippen LogP contribution in [0.4, 0.5) is 5.69 Å². The van der Waals surface area contributed by atoms with Gasteiger partial charge >= 0.3 is 0 Å². The molecule has 148 valence electrons. The quantitative estimate of drug-likeness (QED) is 0.255. The molecule has 30 heavy (non-hydrogen) atoms. The number of anilines is 1. The summed E-state index contributed by atoms with van der Waals surface area (Å²) in [7, 11) is 0. The summed E-state index contributed by atoms with van der Waals surface area (Å²) in [6.45, 7) is 0. The second kappa shape index (κ2) is 9.07. The summed E-state index contributed by atoms with van der Waals surface area (Å²) in [6, 6.07) is 21.4. The van der Waals surface area contributed by atoms with Crippen LogP contribution in [-0.2, 0) is 4.79 Å². The smallest absolute Gasteiger partial charge is 0.234 e. The fraction of sp³-hybridized carbons (Fsp3) is 0.0435. The lowest BCUT2D eigenvalue weighted by atomic mass is 10.0. The molecule has 7 heteroatoms. The minimum Gasteiger partial charge on any atom is -0.325 e. The van der Waals surface area contributed by atoms with E-state index in [0.717, 1.165) is 15.9 Å². The van der Waals surface area contributed by atoms with Gasteiger partial charge in [-0.2, -0.15) is 0 Å². The van der Waals surface area contributed by atoms with Crippen LogP contribution in [0.1, 0.15) is 15.9 Å². The summed E-state index contributed by atoms with van der Waals surface area (Å²) in [5.41, 5.74) is 2.12. The van der Waals surface area contributed by atoms with Gasteiger partial charge in [-0.15, -0.1) is 0 Å². The molecule has 0 saturated heterocycles. The van der Waals surface area contributed by atoms with E-state index in [9.17, 15) is 9.59 Å². The van der Waals surface area contributed by atoms with Gasteiger partial charge in [-0.05, 0) is 24.3 Å².